The number of aromatic nitrogens is 3. The molecule has 3 aromatic rings. The topological polar surface area (TPSA) is 101 Å². The van der Waals surface area contributed by atoms with E-state index >= 15 is 0 Å². The summed E-state index contributed by atoms with van der Waals surface area (Å²) < 4.78 is 12.0. The molecule has 0 bridgehead atoms. The van der Waals surface area contributed by atoms with E-state index in [2.05, 4.69) is 43.5 Å². The van der Waals surface area contributed by atoms with Crippen LogP contribution in [0.3, 0.4) is 0 Å². The number of hydrogen-bond donors (Lipinski definition) is 3. The highest BCUT2D eigenvalue weighted by atomic mass is 32.1. The van der Waals surface area contributed by atoms with E-state index in [1.807, 2.05) is 6.07 Å². The fourth-order valence-corrected chi connectivity index (χ4v) is 4.24. The molecule has 2 atom stereocenters. The van der Waals surface area contributed by atoms with E-state index in [9.17, 15) is 5.11 Å². The Labute approximate surface area is 178 Å². The zero-order valence-electron chi connectivity index (χ0n) is 16.8. The molecular formula is C21H23N5O3S. The van der Waals surface area contributed by atoms with Crippen LogP contribution in [0.25, 0.3) is 10.2 Å². The zero-order valence-corrected chi connectivity index (χ0v) is 17.6. The van der Waals surface area contributed by atoms with Crippen LogP contribution in [0, 0.1) is 11.8 Å². The van der Waals surface area contributed by atoms with E-state index in [1.165, 1.54) is 11.3 Å². The molecule has 1 aliphatic rings. The van der Waals surface area contributed by atoms with Gasteiger partial charge >= 0.3 is 0 Å². The highest BCUT2D eigenvalue weighted by Gasteiger charge is 2.24. The number of aliphatic hydroxyl groups excluding tert-OH is 1. The lowest BCUT2D eigenvalue weighted by Crippen LogP contribution is -2.42. The number of rotatable bonds is 6. The van der Waals surface area contributed by atoms with Gasteiger partial charge in [0.15, 0.2) is 5.13 Å². The molecule has 1 fully saturated rings. The normalized spacial score (nSPS) is 18.5. The number of hydrogen-bond acceptors (Lipinski definition) is 9. The minimum absolute atomic E-state index is 0.163. The summed E-state index contributed by atoms with van der Waals surface area (Å²) in [6.07, 6.45) is 3.48. The summed E-state index contributed by atoms with van der Waals surface area (Å²) in [5.74, 6) is 7.09. The lowest BCUT2D eigenvalue weighted by Gasteiger charge is -2.28. The third-order valence-electron chi connectivity index (χ3n) is 4.73. The van der Waals surface area contributed by atoms with Crippen molar-refractivity contribution in [2.45, 2.75) is 32.0 Å². The van der Waals surface area contributed by atoms with Gasteiger partial charge < -0.3 is 25.2 Å². The van der Waals surface area contributed by atoms with Crippen molar-refractivity contribution in [3.05, 3.63) is 35.8 Å². The van der Waals surface area contributed by atoms with Gasteiger partial charge in [0.1, 0.15) is 22.8 Å². The third kappa shape index (κ3) is 4.62. The standard InChI is InChI=1S/C21H23N5O3S/c1-3-4-14-10-22-11-19(24-14)23-9-13-7-17(28-2)20-18(8-13)30-21(26-20)25-15-12-29-6-5-16(15)27/h7-8,10-11,15-16,27H,5-6,9,12H2,1-2H3,(H,23,24)(H,25,26)/t15-,16-/m0/s1. The molecule has 8 nitrogen and oxygen atoms in total. The minimum Gasteiger partial charge on any atom is -0.494 e. The van der Waals surface area contributed by atoms with Gasteiger partial charge in [-0.1, -0.05) is 17.3 Å². The van der Waals surface area contributed by atoms with E-state index < -0.39 is 6.10 Å². The van der Waals surface area contributed by atoms with Crippen molar-refractivity contribution in [1.82, 2.24) is 15.0 Å². The van der Waals surface area contributed by atoms with Crippen LogP contribution in [-0.4, -0.2) is 52.5 Å². The van der Waals surface area contributed by atoms with E-state index in [4.69, 9.17) is 9.47 Å². The van der Waals surface area contributed by atoms with Crippen LogP contribution in [0.5, 0.6) is 5.75 Å². The molecule has 0 spiro atoms. The fourth-order valence-electron chi connectivity index (χ4n) is 3.23. The number of anilines is 2. The van der Waals surface area contributed by atoms with Crippen molar-refractivity contribution in [1.29, 1.82) is 0 Å². The summed E-state index contributed by atoms with van der Waals surface area (Å²) >= 11 is 1.52. The summed E-state index contributed by atoms with van der Waals surface area (Å²) in [6.45, 7) is 3.37. The Morgan fingerprint density at radius 3 is 3.03 bits per heavy atom. The van der Waals surface area contributed by atoms with Gasteiger partial charge in [0.2, 0.25) is 0 Å². The quantitative estimate of drug-likeness (QED) is 0.518. The number of thiazole rings is 1. The van der Waals surface area contributed by atoms with Crippen molar-refractivity contribution in [3.63, 3.8) is 0 Å². The predicted molar refractivity (Wildman–Crippen MR) is 117 cm³/mol. The average Bonchev–Trinajstić information content (AvgIpc) is 3.16. The zero-order chi connectivity index (χ0) is 20.9. The molecule has 2 aromatic heterocycles. The van der Waals surface area contributed by atoms with Gasteiger partial charge in [-0.3, -0.25) is 4.98 Å². The molecule has 1 aromatic carbocycles. The Morgan fingerprint density at radius 1 is 1.33 bits per heavy atom. The lowest BCUT2D eigenvalue weighted by molar-refractivity contribution is 0.00315. The lowest BCUT2D eigenvalue weighted by atomic mass is 10.1. The largest absolute Gasteiger partial charge is 0.494 e. The summed E-state index contributed by atoms with van der Waals surface area (Å²) in [6, 6.07) is 3.87. The predicted octanol–water partition coefficient (Wildman–Crippen LogP) is 2.64. The van der Waals surface area contributed by atoms with Crippen LogP contribution in [0.1, 0.15) is 24.6 Å². The molecule has 0 amide bonds. The number of nitrogens with one attached hydrogen (secondary N) is 2. The van der Waals surface area contributed by atoms with E-state index in [1.54, 1.807) is 26.4 Å². The Hall–Kier alpha value is -2.93. The van der Waals surface area contributed by atoms with Crippen LogP contribution in [0.4, 0.5) is 10.9 Å². The van der Waals surface area contributed by atoms with Crippen molar-refractivity contribution in [2.24, 2.45) is 0 Å². The van der Waals surface area contributed by atoms with Crippen molar-refractivity contribution < 1.29 is 14.6 Å². The Balaban J connectivity index is 1.52. The maximum Gasteiger partial charge on any atom is 0.184 e. The SMILES string of the molecule is CC#Cc1cncc(NCc2cc(OC)c3nc(N[C@H]4COCC[C@@H]4O)sc3c2)n1. The highest BCUT2D eigenvalue weighted by molar-refractivity contribution is 7.22. The first kappa shape index (κ1) is 20.3. The highest BCUT2D eigenvalue weighted by Crippen LogP contribution is 2.34. The molecule has 0 saturated carbocycles. The van der Waals surface area contributed by atoms with Gasteiger partial charge in [-0.25, -0.2) is 9.97 Å². The van der Waals surface area contributed by atoms with Crippen LogP contribution < -0.4 is 15.4 Å². The molecule has 3 heterocycles. The van der Waals surface area contributed by atoms with Crippen molar-refractivity contribution in [3.8, 4) is 17.6 Å². The second kappa shape index (κ2) is 9.26. The Morgan fingerprint density at radius 2 is 2.23 bits per heavy atom. The number of ether oxygens (including phenoxy) is 2. The monoisotopic (exact) mass is 425 g/mol. The van der Waals surface area contributed by atoms with Crippen LogP contribution in [-0.2, 0) is 11.3 Å². The number of fused-ring (bicyclic) bond motifs is 1. The van der Waals surface area contributed by atoms with Crippen molar-refractivity contribution in [2.75, 3.05) is 31.0 Å². The molecule has 0 unspecified atom stereocenters. The first-order valence-electron chi connectivity index (χ1n) is 9.64. The fraction of sp³-hybridized carbons (Fsp3) is 0.381. The van der Waals surface area contributed by atoms with Crippen LogP contribution in [0.2, 0.25) is 0 Å². The van der Waals surface area contributed by atoms with Gasteiger partial charge in [0, 0.05) is 13.2 Å². The van der Waals surface area contributed by atoms with Crippen molar-refractivity contribution >= 4 is 32.5 Å². The molecular weight excluding hydrogens is 402 g/mol. The van der Waals surface area contributed by atoms with Gasteiger partial charge in [-0.2, -0.15) is 0 Å². The van der Waals surface area contributed by atoms with Crippen LogP contribution >= 0.6 is 11.3 Å². The third-order valence-corrected chi connectivity index (χ3v) is 5.66. The number of aliphatic hydroxyl groups is 1. The van der Waals surface area contributed by atoms with Gasteiger partial charge in [0.25, 0.3) is 0 Å². The van der Waals surface area contributed by atoms with E-state index in [-0.39, 0.29) is 6.04 Å². The molecule has 156 valence electrons. The van der Waals surface area contributed by atoms with E-state index in [0.717, 1.165) is 20.9 Å². The Kier molecular flexibility index (Phi) is 6.28. The first-order valence-corrected chi connectivity index (χ1v) is 10.5. The average molecular weight is 426 g/mol. The molecule has 0 radical (unpaired) electrons. The van der Waals surface area contributed by atoms with Crippen LogP contribution in [0.15, 0.2) is 24.5 Å². The second-order valence-corrected chi connectivity index (χ2v) is 7.89. The maximum atomic E-state index is 10.2. The summed E-state index contributed by atoms with van der Waals surface area (Å²) in [5.41, 5.74) is 2.45. The summed E-state index contributed by atoms with van der Waals surface area (Å²) in [7, 11) is 1.63. The number of nitrogens with zero attached hydrogens (tertiary/aromatic N) is 3. The van der Waals surface area contributed by atoms with Gasteiger partial charge in [-0.05, 0) is 37.0 Å². The smallest absolute Gasteiger partial charge is 0.184 e. The summed E-state index contributed by atoms with van der Waals surface area (Å²) in [5, 5.41) is 17.5. The molecule has 4 rings (SSSR count). The molecule has 9 heteroatoms. The molecule has 30 heavy (non-hydrogen) atoms. The minimum atomic E-state index is -0.443. The van der Waals surface area contributed by atoms with Gasteiger partial charge in [-0.15, -0.1) is 0 Å². The van der Waals surface area contributed by atoms with Gasteiger partial charge in [0.05, 0.1) is 43.0 Å². The maximum absolute atomic E-state index is 10.2. The molecule has 1 saturated heterocycles. The second-order valence-electron chi connectivity index (χ2n) is 6.86. The van der Waals surface area contributed by atoms with E-state index in [0.29, 0.717) is 43.4 Å². The summed E-state index contributed by atoms with van der Waals surface area (Å²) in [4.78, 5) is 13.3. The number of methoxy groups -OCH3 is 1. The first-order chi connectivity index (χ1) is 14.7. The molecule has 0 aliphatic carbocycles. The molecule has 1 aliphatic heterocycles. The molecule has 3 N–H and O–H groups in total. The Bertz CT molecular complexity index is 1090. The number of benzene rings is 1.